The minimum Gasteiger partial charge on any atom is -0.342 e. The number of rotatable bonds is 4. The van der Waals surface area contributed by atoms with Gasteiger partial charge in [0.15, 0.2) is 5.78 Å². The van der Waals surface area contributed by atoms with Gasteiger partial charge >= 0.3 is 0 Å². The number of nitrogens with zero attached hydrogens (tertiary/aromatic N) is 1. The highest BCUT2D eigenvalue weighted by atomic mass is 16.2. The summed E-state index contributed by atoms with van der Waals surface area (Å²) in [5, 5.41) is 0. The van der Waals surface area contributed by atoms with Gasteiger partial charge in [-0.1, -0.05) is 36.4 Å². The van der Waals surface area contributed by atoms with E-state index in [0.29, 0.717) is 11.8 Å². The third kappa shape index (κ3) is 3.17. The van der Waals surface area contributed by atoms with Crippen molar-refractivity contribution in [1.29, 1.82) is 0 Å². The molecule has 132 valence electrons. The van der Waals surface area contributed by atoms with Crippen molar-refractivity contribution in [3.05, 3.63) is 42.0 Å². The zero-order valence-corrected chi connectivity index (χ0v) is 14.8. The number of hydrogen-bond donors (Lipinski definition) is 0. The summed E-state index contributed by atoms with van der Waals surface area (Å²) < 4.78 is 0. The smallest absolute Gasteiger partial charge is 0.225 e. The number of allylic oxidation sites excluding steroid dienone is 1. The number of carbonyl (C=O) groups excluding carboxylic acids is 2. The standard InChI is InChI=1S/C22H27NO2/c24-20(9-8-17-6-2-1-3-7-17)22-12-10-18(11-13-22)19(16-22)21(25)23-14-4-5-15-23/h1-3,6-9,18-19H,4-5,10-16H2. The van der Waals surface area contributed by atoms with E-state index < -0.39 is 0 Å². The Morgan fingerprint density at radius 2 is 1.72 bits per heavy atom. The molecule has 1 amide bonds. The lowest BCUT2D eigenvalue weighted by molar-refractivity contribution is -0.146. The summed E-state index contributed by atoms with van der Waals surface area (Å²) in [5.74, 6) is 1.13. The van der Waals surface area contributed by atoms with Crippen molar-refractivity contribution in [3.63, 3.8) is 0 Å². The van der Waals surface area contributed by atoms with Crippen LogP contribution < -0.4 is 0 Å². The van der Waals surface area contributed by atoms with E-state index in [9.17, 15) is 9.59 Å². The third-order valence-corrected chi connectivity index (χ3v) is 6.65. The first kappa shape index (κ1) is 16.6. The molecule has 1 atom stereocenters. The van der Waals surface area contributed by atoms with Gasteiger partial charge in [-0.15, -0.1) is 0 Å². The van der Waals surface area contributed by atoms with E-state index >= 15 is 0 Å². The zero-order chi connectivity index (χ0) is 17.3. The van der Waals surface area contributed by atoms with E-state index in [1.807, 2.05) is 41.3 Å². The van der Waals surface area contributed by atoms with Gasteiger partial charge in [-0.3, -0.25) is 9.59 Å². The van der Waals surface area contributed by atoms with Crippen molar-refractivity contribution in [2.24, 2.45) is 17.3 Å². The number of benzene rings is 1. The Labute approximate surface area is 150 Å². The molecule has 5 rings (SSSR count). The van der Waals surface area contributed by atoms with Crippen LogP contribution in [0.5, 0.6) is 0 Å². The number of likely N-dealkylation sites (tertiary alicyclic amines) is 1. The lowest BCUT2D eigenvalue weighted by atomic mass is 9.54. The van der Waals surface area contributed by atoms with Crippen LogP contribution in [0.2, 0.25) is 0 Å². The molecule has 0 aromatic heterocycles. The van der Waals surface area contributed by atoms with Gasteiger partial charge in [-0.25, -0.2) is 0 Å². The van der Waals surface area contributed by atoms with Crippen molar-refractivity contribution in [2.75, 3.05) is 13.1 Å². The second kappa shape index (κ2) is 6.78. The second-order valence-electron chi connectivity index (χ2n) is 8.07. The van der Waals surface area contributed by atoms with Crippen LogP contribution in [0.1, 0.15) is 50.5 Å². The summed E-state index contributed by atoms with van der Waals surface area (Å²) >= 11 is 0. The van der Waals surface area contributed by atoms with Crippen LogP contribution in [0.3, 0.4) is 0 Å². The first-order valence-corrected chi connectivity index (χ1v) is 9.74. The Bertz CT molecular complexity index is 665. The number of hydrogen-bond acceptors (Lipinski definition) is 2. The Kier molecular flexibility index (Phi) is 4.49. The van der Waals surface area contributed by atoms with Crippen LogP contribution in [-0.2, 0) is 9.59 Å². The van der Waals surface area contributed by atoms with Crippen LogP contribution in [0.15, 0.2) is 36.4 Å². The molecule has 1 heterocycles. The van der Waals surface area contributed by atoms with E-state index in [4.69, 9.17) is 0 Å². The molecule has 4 aliphatic rings. The summed E-state index contributed by atoms with van der Waals surface area (Å²) in [5.41, 5.74) is 0.765. The molecule has 25 heavy (non-hydrogen) atoms. The zero-order valence-electron chi connectivity index (χ0n) is 14.8. The van der Waals surface area contributed by atoms with E-state index in [2.05, 4.69) is 0 Å². The molecule has 1 aromatic carbocycles. The largest absolute Gasteiger partial charge is 0.342 e. The van der Waals surface area contributed by atoms with Crippen LogP contribution in [0.4, 0.5) is 0 Å². The predicted octanol–water partition coefficient (Wildman–Crippen LogP) is 4.09. The SMILES string of the molecule is O=C(C1CC2(C(=O)C=Cc3ccccc3)CCC1CC2)N1CCCC1. The number of carbonyl (C=O) groups is 2. The van der Waals surface area contributed by atoms with Crippen molar-refractivity contribution >= 4 is 17.8 Å². The maximum Gasteiger partial charge on any atom is 0.225 e. The average molecular weight is 337 g/mol. The first-order chi connectivity index (χ1) is 12.2. The maximum atomic E-state index is 13.0. The van der Waals surface area contributed by atoms with Crippen molar-refractivity contribution in [1.82, 2.24) is 4.90 Å². The third-order valence-electron chi connectivity index (χ3n) is 6.65. The van der Waals surface area contributed by atoms with Gasteiger partial charge in [0.2, 0.25) is 5.91 Å². The Morgan fingerprint density at radius 3 is 2.40 bits per heavy atom. The molecular formula is C22H27NO2. The fourth-order valence-electron chi connectivity index (χ4n) is 5.11. The second-order valence-corrected chi connectivity index (χ2v) is 8.07. The molecule has 3 heteroatoms. The quantitative estimate of drug-likeness (QED) is 0.776. The minimum absolute atomic E-state index is 0.0784. The molecular weight excluding hydrogens is 310 g/mol. The van der Waals surface area contributed by atoms with Gasteiger partial charge in [0, 0.05) is 24.4 Å². The highest BCUT2D eigenvalue weighted by molar-refractivity contribution is 5.99. The highest BCUT2D eigenvalue weighted by Crippen LogP contribution is 2.54. The molecule has 0 spiro atoms. The number of fused-ring (bicyclic) bond motifs is 3. The maximum absolute atomic E-state index is 13.0. The summed E-state index contributed by atoms with van der Waals surface area (Å²) in [4.78, 5) is 28.0. The van der Waals surface area contributed by atoms with E-state index in [-0.39, 0.29) is 17.1 Å². The lowest BCUT2D eigenvalue weighted by Crippen LogP contribution is -2.50. The molecule has 3 nitrogen and oxygen atoms in total. The summed E-state index contributed by atoms with van der Waals surface area (Å²) in [6, 6.07) is 9.98. The van der Waals surface area contributed by atoms with E-state index in [1.165, 1.54) is 0 Å². The summed E-state index contributed by atoms with van der Waals surface area (Å²) in [6.07, 6.45) is 10.7. The van der Waals surface area contributed by atoms with Crippen molar-refractivity contribution in [2.45, 2.75) is 44.9 Å². The Hall–Kier alpha value is -1.90. The van der Waals surface area contributed by atoms with Gasteiger partial charge < -0.3 is 4.90 Å². The summed E-state index contributed by atoms with van der Waals surface area (Å²) in [7, 11) is 0. The van der Waals surface area contributed by atoms with Crippen LogP contribution in [0, 0.1) is 17.3 Å². The van der Waals surface area contributed by atoms with Crippen molar-refractivity contribution < 1.29 is 9.59 Å². The molecule has 2 bridgehead atoms. The minimum atomic E-state index is -0.292. The van der Waals surface area contributed by atoms with Gasteiger partial charge in [0.05, 0.1) is 0 Å². The van der Waals surface area contributed by atoms with Gasteiger partial charge in [0.25, 0.3) is 0 Å². The molecule has 1 aromatic rings. The molecule has 1 unspecified atom stereocenters. The highest BCUT2D eigenvalue weighted by Gasteiger charge is 2.52. The van der Waals surface area contributed by atoms with Crippen LogP contribution >= 0.6 is 0 Å². The van der Waals surface area contributed by atoms with Gasteiger partial charge in [0.1, 0.15) is 0 Å². The topological polar surface area (TPSA) is 37.4 Å². The molecule has 4 fully saturated rings. The Morgan fingerprint density at radius 1 is 1.04 bits per heavy atom. The first-order valence-electron chi connectivity index (χ1n) is 9.74. The number of amides is 1. The van der Waals surface area contributed by atoms with Crippen LogP contribution in [0.25, 0.3) is 6.08 Å². The fourth-order valence-corrected chi connectivity index (χ4v) is 5.11. The molecule has 3 saturated carbocycles. The predicted molar refractivity (Wildman–Crippen MR) is 98.8 cm³/mol. The van der Waals surface area contributed by atoms with Gasteiger partial charge in [-0.2, -0.15) is 0 Å². The lowest BCUT2D eigenvalue weighted by Gasteiger charge is -2.49. The van der Waals surface area contributed by atoms with Crippen LogP contribution in [-0.4, -0.2) is 29.7 Å². The molecule has 3 aliphatic carbocycles. The van der Waals surface area contributed by atoms with Gasteiger partial charge in [-0.05, 0) is 62.5 Å². The fraction of sp³-hybridized carbons (Fsp3) is 0.545. The monoisotopic (exact) mass is 337 g/mol. The molecule has 1 saturated heterocycles. The normalized spacial score (nSPS) is 31.6. The van der Waals surface area contributed by atoms with E-state index in [0.717, 1.165) is 63.6 Å². The Balaban J connectivity index is 1.49. The van der Waals surface area contributed by atoms with E-state index in [1.54, 1.807) is 6.08 Å². The molecule has 0 N–H and O–H groups in total. The summed E-state index contributed by atoms with van der Waals surface area (Å²) in [6.45, 7) is 1.83. The molecule has 0 radical (unpaired) electrons. The number of ketones is 1. The average Bonchev–Trinajstić information content (AvgIpc) is 3.22. The van der Waals surface area contributed by atoms with Crippen molar-refractivity contribution in [3.8, 4) is 0 Å². The molecule has 1 aliphatic heterocycles.